The average Bonchev–Trinajstić information content (AvgIpc) is 2.91. The van der Waals surface area contributed by atoms with Gasteiger partial charge in [-0.25, -0.2) is 0 Å². The standard InChI is InChI=1S/C18H22N2OS/c1-15-5-2-6-16(13-15)18(21)20-9-4-8-19(10-11-20)14-17-7-3-12-22-17/h2-3,5-7,12-13H,4,8-11,14H2,1H3. The van der Waals surface area contributed by atoms with Gasteiger partial charge in [-0.3, -0.25) is 9.69 Å². The number of amides is 1. The number of nitrogens with zero attached hydrogens (tertiary/aromatic N) is 2. The molecule has 0 unspecified atom stereocenters. The lowest BCUT2D eigenvalue weighted by Crippen LogP contribution is -2.35. The Morgan fingerprint density at radius 3 is 2.82 bits per heavy atom. The summed E-state index contributed by atoms with van der Waals surface area (Å²) in [5.74, 6) is 0.168. The molecule has 0 saturated carbocycles. The van der Waals surface area contributed by atoms with Crippen molar-refractivity contribution in [2.45, 2.75) is 19.9 Å². The normalized spacial score (nSPS) is 16.5. The Labute approximate surface area is 136 Å². The molecule has 0 N–H and O–H groups in total. The molecule has 0 radical (unpaired) electrons. The van der Waals surface area contributed by atoms with Crippen LogP contribution in [0.2, 0.25) is 0 Å². The maximum atomic E-state index is 12.6. The molecule has 3 nitrogen and oxygen atoms in total. The van der Waals surface area contributed by atoms with Crippen molar-refractivity contribution in [1.29, 1.82) is 0 Å². The average molecular weight is 314 g/mol. The van der Waals surface area contributed by atoms with E-state index in [0.717, 1.165) is 50.3 Å². The van der Waals surface area contributed by atoms with E-state index in [2.05, 4.69) is 22.4 Å². The number of carbonyl (C=O) groups is 1. The van der Waals surface area contributed by atoms with Crippen molar-refractivity contribution in [1.82, 2.24) is 9.80 Å². The van der Waals surface area contributed by atoms with Gasteiger partial charge in [0.2, 0.25) is 0 Å². The Bertz CT molecular complexity index is 624. The van der Waals surface area contributed by atoms with Gasteiger partial charge < -0.3 is 4.90 Å². The molecule has 22 heavy (non-hydrogen) atoms. The molecule has 1 aliphatic rings. The number of carbonyl (C=O) groups excluding carboxylic acids is 1. The predicted molar refractivity (Wildman–Crippen MR) is 91.3 cm³/mol. The van der Waals surface area contributed by atoms with Crippen LogP contribution in [0.5, 0.6) is 0 Å². The quantitative estimate of drug-likeness (QED) is 0.867. The van der Waals surface area contributed by atoms with E-state index in [1.807, 2.05) is 36.1 Å². The maximum absolute atomic E-state index is 12.6. The van der Waals surface area contributed by atoms with Crippen molar-refractivity contribution in [2.75, 3.05) is 26.2 Å². The van der Waals surface area contributed by atoms with Gasteiger partial charge >= 0.3 is 0 Å². The summed E-state index contributed by atoms with van der Waals surface area (Å²) >= 11 is 1.81. The van der Waals surface area contributed by atoms with Crippen LogP contribution in [-0.4, -0.2) is 41.9 Å². The minimum Gasteiger partial charge on any atom is -0.337 e. The SMILES string of the molecule is Cc1cccc(C(=O)N2CCCN(Cc3cccs3)CC2)c1. The van der Waals surface area contributed by atoms with Gasteiger partial charge in [0, 0.05) is 43.2 Å². The van der Waals surface area contributed by atoms with E-state index in [-0.39, 0.29) is 5.91 Å². The number of hydrogen-bond acceptors (Lipinski definition) is 3. The third-order valence-corrected chi connectivity index (χ3v) is 4.96. The molecule has 0 aliphatic carbocycles. The first-order valence-electron chi connectivity index (χ1n) is 7.83. The monoisotopic (exact) mass is 314 g/mol. The highest BCUT2D eigenvalue weighted by atomic mass is 32.1. The van der Waals surface area contributed by atoms with Gasteiger partial charge in [0.05, 0.1) is 0 Å². The summed E-state index contributed by atoms with van der Waals surface area (Å²) in [6.45, 7) is 6.73. The molecule has 2 heterocycles. The molecule has 0 spiro atoms. The second-order valence-corrected chi connectivity index (χ2v) is 6.90. The minimum atomic E-state index is 0.168. The smallest absolute Gasteiger partial charge is 0.253 e. The zero-order valence-electron chi connectivity index (χ0n) is 13.0. The highest BCUT2D eigenvalue weighted by Gasteiger charge is 2.20. The molecular formula is C18H22N2OS. The lowest BCUT2D eigenvalue weighted by molar-refractivity contribution is 0.0761. The Hall–Kier alpha value is -1.65. The van der Waals surface area contributed by atoms with Gasteiger partial charge in [-0.2, -0.15) is 0 Å². The fourth-order valence-electron chi connectivity index (χ4n) is 2.92. The summed E-state index contributed by atoms with van der Waals surface area (Å²) in [4.78, 5) is 18.5. The molecule has 3 rings (SSSR count). The van der Waals surface area contributed by atoms with E-state index in [0.29, 0.717) is 0 Å². The van der Waals surface area contributed by atoms with Gasteiger partial charge in [-0.15, -0.1) is 11.3 Å². The van der Waals surface area contributed by atoms with Crippen molar-refractivity contribution in [3.05, 3.63) is 57.8 Å². The lowest BCUT2D eigenvalue weighted by atomic mass is 10.1. The topological polar surface area (TPSA) is 23.6 Å². The Morgan fingerprint density at radius 1 is 1.14 bits per heavy atom. The van der Waals surface area contributed by atoms with Crippen LogP contribution in [0.15, 0.2) is 41.8 Å². The fraction of sp³-hybridized carbons (Fsp3) is 0.389. The van der Waals surface area contributed by atoms with E-state index >= 15 is 0 Å². The fourth-order valence-corrected chi connectivity index (χ4v) is 3.66. The summed E-state index contributed by atoms with van der Waals surface area (Å²) < 4.78 is 0. The molecule has 0 atom stereocenters. The number of hydrogen-bond donors (Lipinski definition) is 0. The Morgan fingerprint density at radius 2 is 2.05 bits per heavy atom. The largest absolute Gasteiger partial charge is 0.337 e. The van der Waals surface area contributed by atoms with Crippen LogP contribution in [0.4, 0.5) is 0 Å². The summed E-state index contributed by atoms with van der Waals surface area (Å²) in [6.07, 6.45) is 1.04. The van der Waals surface area contributed by atoms with Crippen LogP contribution >= 0.6 is 11.3 Å². The molecular weight excluding hydrogens is 292 g/mol. The van der Waals surface area contributed by atoms with Gasteiger partial charge in [-0.05, 0) is 36.9 Å². The van der Waals surface area contributed by atoms with Crippen molar-refractivity contribution in [2.24, 2.45) is 0 Å². The molecule has 1 aromatic heterocycles. The van der Waals surface area contributed by atoms with Gasteiger partial charge in [-0.1, -0.05) is 23.8 Å². The van der Waals surface area contributed by atoms with E-state index < -0.39 is 0 Å². The first kappa shape index (κ1) is 15.3. The van der Waals surface area contributed by atoms with Crippen LogP contribution in [0.1, 0.15) is 27.2 Å². The van der Waals surface area contributed by atoms with Crippen molar-refractivity contribution >= 4 is 17.2 Å². The number of thiophene rings is 1. The van der Waals surface area contributed by atoms with Crippen LogP contribution < -0.4 is 0 Å². The molecule has 2 aromatic rings. The van der Waals surface area contributed by atoms with Crippen molar-refractivity contribution < 1.29 is 4.79 Å². The van der Waals surface area contributed by atoms with Crippen LogP contribution in [0.25, 0.3) is 0 Å². The summed E-state index contributed by atoms with van der Waals surface area (Å²) in [7, 11) is 0. The van der Waals surface area contributed by atoms with Crippen LogP contribution in [-0.2, 0) is 6.54 Å². The predicted octanol–water partition coefficient (Wildman–Crippen LogP) is 3.40. The van der Waals surface area contributed by atoms with E-state index in [1.165, 1.54) is 4.88 Å². The summed E-state index contributed by atoms with van der Waals surface area (Å²) in [5.41, 5.74) is 1.95. The molecule has 116 valence electrons. The molecule has 1 fully saturated rings. The Balaban J connectivity index is 1.61. The minimum absolute atomic E-state index is 0.168. The van der Waals surface area contributed by atoms with E-state index in [9.17, 15) is 4.79 Å². The molecule has 4 heteroatoms. The summed E-state index contributed by atoms with van der Waals surface area (Å²) in [6, 6.07) is 12.2. The van der Waals surface area contributed by atoms with Gasteiger partial charge in [0.15, 0.2) is 0 Å². The van der Waals surface area contributed by atoms with Crippen molar-refractivity contribution in [3.63, 3.8) is 0 Å². The molecule has 1 aromatic carbocycles. The first-order chi connectivity index (χ1) is 10.7. The molecule has 0 bridgehead atoms. The Kier molecular flexibility index (Phi) is 4.90. The zero-order chi connectivity index (χ0) is 15.4. The second-order valence-electron chi connectivity index (χ2n) is 5.87. The number of benzene rings is 1. The maximum Gasteiger partial charge on any atom is 0.253 e. The zero-order valence-corrected chi connectivity index (χ0v) is 13.8. The van der Waals surface area contributed by atoms with E-state index in [1.54, 1.807) is 11.3 Å². The summed E-state index contributed by atoms with van der Waals surface area (Å²) in [5, 5.41) is 2.13. The third-order valence-electron chi connectivity index (χ3n) is 4.10. The second kappa shape index (κ2) is 7.07. The van der Waals surface area contributed by atoms with Crippen LogP contribution in [0, 0.1) is 6.92 Å². The van der Waals surface area contributed by atoms with Crippen LogP contribution in [0.3, 0.4) is 0 Å². The first-order valence-corrected chi connectivity index (χ1v) is 8.71. The molecule has 1 amide bonds. The van der Waals surface area contributed by atoms with Gasteiger partial charge in [0.1, 0.15) is 0 Å². The third kappa shape index (κ3) is 3.76. The molecule has 1 saturated heterocycles. The highest BCUT2D eigenvalue weighted by Crippen LogP contribution is 2.15. The number of aryl methyl sites for hydroxylation is 1. The van der Waals surface area contributed by atoms with E-state index in [4.69, 9.17) is 0 Å². The highest BCUT2D eigenvalue weighted by molar-refractivity contribution is 7.09. The van der Waals surface area contributed by atoms with Crippen molar-refractivity contribution in [3.8, 4) is 0 Å². The lowest BCUT2D eigenvalue weighted by Gasteiger charge is -2.22. The number of rotatable bonds is 3. The van der Waals surface area contributed by atoms with Gasteiger partial charge in [0.25, 0.3) is 5.91 Å². The molecule has 1 aliphatic heterocycles.